The molecule has 0 aromatic carbocycles. The van der Waals surface area contributed by atoms with E-state index in [1.165, 1.54) is 0 Å². The van der Waals surface area contributed by atoms with Crippen LogP contribution >= 0.6 is 0 Å². The molecular formula is C8H14O3. The smallest absolute Gasteiger partial charge is 0.307 e. The first kappa shape index (κ1) is 8.53. The van der Waals surface area contributed by atoms with Crippen LogP contribution in [-0.2, 0) is 4.79 Å². The molecule has 0 spiro atoms. The van der Waals surface area contributed by atoms with Crippen LogP contribution in [0.1, 0.15) is 26.7 Å². The van der Waals surface area contributed by atoms with Crippen molar-refractivity contribution >= 4 is 5.97 Å². The fraction of sp³-hybridized carbons (Fsp3) is 0.875. The van der Waals surface area contributed by atoms with Crippen molar-refractivity contribution in [1.82, 2.24) is 0 Å². The lowest BCUT2D eigenvalue weighted by molar-refractivity contribution is -0.146. The summed E-state index contributed by atoms with van der Waals surface area (Å²) in [6, 6.07) is 0. The molecule has 0 bridgehead atoms. The predicted octanol–water partition coefficient (Wildman–Crippen LogP) is 0.868. The summed E-state index contributed by atoms with van der Waals surface area (Å²) in [5.41, 5.74) is -0.453. The fourth-order valence-electron chi connectivity index (χ4n) is 1.74. The van der Waals surface area contributed by atoms with Crippen LogP contribution in [-0.4, -0.2) is 22.3 Å². The number of carboxylic acid groups (broad SMARTS) is 1. The van der Waals surface area contributed by atoms with E-state index in [4.69, 9.17) is 5.11 Å². The molecule has 2 N–H and O–H groups in total. The summed E-state index contributed by atoms with van der Waals surface area (Å²) in [5, 5.41) is 18.2. The van der Waals surface area contributed by atoms with Gasteiger partial charge in [-0.15, -0.1) is 0 Å². The van der Waals surface area contributed by atoms with Crippen LogP contribution < -0.4 is 0 Å². The monoisotopic (exact) mass is 158 g/mol. The first-order valence-corrected chi connectivity index (χ1v) is 3.87. The molecule has 1 saturated carbocycles. The normalized spacial score (nSPS) is 35.5. The van der Waals surface area contributed by atoms with Gasteiger partial charge in [0.25, 0.3) is 0 Å². The molecule has 0 aromatic rings. The largest absolute Gasteiger partial charge is 0.481 e. The number of carbonyl (C=O) groups is 1. The third-order valence-corrected chi connectivity index (χ3v) is 2.78. The minimum atomic E-state index is -0.786. The number of aliphatic hydroxyl groups is 1. The minimum Gasteiger partial charge on any atom is -0.481 e. The van der Waals surface area contributed by atoms with Crippen LogP contribution in [0.3, 0.4) is 0 Å². The second kappa shape index (κ2) is 2.48. The maximum absolute atomic E-state index is 10.7. The van der Waals surface area contributed by atoms with Crippen molar-refractivity contribution in [2.75, 3.05) is 0 Å². The van der Waals surface area contributed by atoms with Crippen LogP contribution in [0.2, 0.25) is 0 Å². The third-order valence-electron chi connectivity index (χ3n) is 2.78. The van der Waals surface area contributed by atoms with Crippen molar-refractivity contribution in [3.05, 3.63) is 0 Å². The second-order valence-electron chi connectivity index (χ2n) is 3.81. The summed E-state index contributed by atoms with van der Waals surface area (Å²) in [6.07, 6.45) is 0.761. The van der Waals surface area contributed by atoms with Crippen molar-refractivity contribution in [1.29, 1.82) is 0 Å². The molecule has 64 valence electrons. The van der Waals surface area contributed by atoms with E-state index in [0.29, 0.717) is 12.8 Å². The SMILES string of the molecule is CC1(C)[C@H](O)CC[C@H]1C(=O)O. The van der Waals surface area contributed by atoms with Crippen molar-refractivity contribution in [3.63, 3.8) is 0 Å². The van der Waals surface area contributed by atoms with Crippen molar-refractivity contribution in [3.8, 4) is 0 Å². The highest BCUT2D eigenvalue weighted by atomic mass is 16.4. The highest BCUT2D eigenvalue weighted by molar-refractivity contribution is 5.71. The highest BCUT2D eigenvalue weighted by Gasteiger charge is 2.45. The standard InChI is InChI=1S/C8H14O3/c1-8(2)5(7(10)11)3-4-6(8)9/h5-6,9H,3-4H2,1-2H3,(H,10,11)/t5-,6+/m0/s1. The molecule has 0 aromatic heterocycles. The Morgan fingerprint density at radius 2 is 2.00 bits per heavy atom. The van der Waals surface area contributed by atoms with Crippen molar-refractivity contribution < 1.29 is 15.0 Å². The van der Waals surface area contributed by atoms with Crippen molar-refractivity contribution in [2.24, 2.45) is 11.3 Å². The molecule has 1 aliphatic rings. The Hall–Kier alpha value is -0.570. The molecule has 2 atom stereocenters. The second-order valence-corrected chi connectivity index (χ2v) is 3.81. The lowest BCUT2D eigenvalue weighted by Crippen LogP contribution is -2.33. The number of aliphatic hydroxyl groups excluding tert-OH is 1. The van der Waals surface area contributed by atoms with E-state index in [-0.39, 0.29) is 5.92 Å². The van der Waals surface area contributed by atoms with E-state index >= 15 is 0 Å². The Morgan fingerprint density at radius 3 is 2.18 bits per heavy atom. The Balaban J connectivity index is 2.78. The quantitative estimate of drug-likeness (QED) is 0.595. The van der Waals surface area contributed by atoms with E-state index in [1.54, 1.807) is 0 Å². The molecule has 3 nitrogen and oxygen atoms in total. The maximum atomic E-state index is 10.7. The van der Waals surface area contributed by atoms with Gasteiger partial charge in [0, 0.05) is 5.41 Å². The molecule has 0 saturated heterocycles. The highest BCUT2D eigenvalue weighted by Crippen LogP contribution is 2.42. The van der Waals surface area contributed by atoms with Crippen LogP contribution in [0, 0.1) is 11.3 Å². The van der Waals surface area contributed by atoms with Gasteiger partial charge in [-0.25, -0.2) is 0 Å². The molecule has 1 rings (SSSR count). The Kier molecular flexibility index (Phi) is 1.92. The average Bonchev–Trinajstić information content (AvgIpc) is 2.08. The van der Waals surface area contributed by atoms with Crippen molar-refractivity contribution in [2.45, 2.75) is 32.8 Å². The lowest BCUT2D eigenvalue weighted by Gasteiger charge is -2.26. The molecule has 0 heterocycles. The van der Waals surface area contributed by atoms with Gasteiger partial charge in [-0.05, 0) is 12.8 Å². The molecule has 0 aliphatic heterocycles. The zero-order valence-corrected chi connectivity index (χ0v) is 6.87. The number of aliphatic carboxylic acids is 1. The number of carboxylic acids is 1. The zero-order valence-electron chi connectivity index (χ0n) is 6.87. The summed E-state index contributed by atoms with van der Waals surface area (Å²) in [4.78, 5) is 10.7. The molecule has 3 heteroatoms. The Morgan fingerprint density at radius 1 is 1.45 bits per heavy atom. The topological polar surface area (TPSA) is 57.5 Å². The first-order chi connectivity index (χ1) is 4.96. The number of rotatable bonds is 1. The average molecular weight is 158 g/mol. The Labute approximate surface area is 66.0 Å². The fourth-order valence-corrected chi connectivity index (χ4v) is 1.74. The van der Waals surface area contributed by atoms with Gasteiger partial charge in [0.2, 0.25) is 0 Å². The third kappa shape index (κ3) is 1.25. The van der Waals surface area contributed by atoms with Crippen LogP contribution in [0.4, 0.5) is 0 Å². The van der Waals surface area contributed by atoms with Crippen LogP contribution in [0.15, 0.2) is 0 Å². The van der Waals surface area contributed by atoms with Gasteiger partial charge in [0.1, 0.15) is 0 Å². The minimum absolute atomic E-state index is 0.377. The molecular weight excluding hydrogens is 144 g/mol. The first-order valence-electron chi connectivity index (χ1n) is 3.87. The van der Waals surface area contributed by atoms with Gasteiger partial charge in [-0.2, -0.15) is 0 Å². The molecule has 1 aliphatic carbocycles. The zero-order chi connectivity index (χ0) is 8.65. The summed E-state index contributed by atoms with van der Waals surface area (Å²) in [5.74, 6) is -1.16. The summed E-state index contributed by atoms with van der Waals surface area (Å²) < 4.78 is 0. The molecule has 0 radical (unpaired) electrons. The summed E-state index contributed by atoms with van der Waals surface area (Å²) in [6.45, 7) is 3.62. The summed E-state index contributed by atoms with van der Waals surface area (Å²) >= 11 is 0. The van der Waals surface area contributed by atoms with Gasteiger partial charge in [0.15, 0.2) is 0 Å². The van der Waals surface area contributed by atoms with Gasteiger partial charge in [-0.3, -0.25) is 4.79 Å². The van der Waals surface area contributed by atoms with Gasteiger partial charge >= 0.3 is 5.97 Å². The number of hydrogen-bond acceptors (Lipinski definition) is 2. The van der Waals surface area contributed by atoms with E-state index < -0.39 is 17.5 Å². The van der Waals surface area contributed by atoms with E-state index in [2.05, 4.69) is 0 Å². The molecule has 0 unspecified atom stereocenters. The number of hydrogen-bond donors (Lipinski definition) is 2. The predicted molar refractivity (Wildman–Crippen MR) is 40.1 cm³/mol. The van der Waals surface area contributed by atoms with Crippen LogP contribution in [0.5, 0.6) is 0 Å². The lowest BCUT2D eigenvalue weighted by atomic mass is 9.80. The molecule has 0 amide bonds. The maximum Gasteiger partial charge on any atom is 0.307 e. The Bertz CT molecular complexity index is 174. The molecule has 1 fully saturated rings. The van der Waals surface area contributed by atoms with Gasteiger partial charge < -0.3 is 10.2 Å². The van der Waals surface area contributed by atoms with Gasteiger partial charge in [0.05, 0.1) is 12.0 Å². The van der Waals surface area contributed by atoms with E-state index in [1.807, 2.05) is 13.8 Å². The van der Waals surface area contributed by atoms with E-state index in [0.717, 1.165) is 0 Å². The van der Waals surface area contributed by atoms with Gasteiger partial charge in [-0.1, -0.05) is 13.8 Å². The summed E-state index contributed by atoms with van der Waals surface area (Å²) in [7, 11) is 0. The molecule has 11 heavy (non-hydrogen) atoms. The van der Waals surface area contributed by atoms with E-state index in [9.17, 15) is 9.90 Å². The van der Waals surface area contributed by atoms with Crippen LogP contribution in [0.25, 0.3) is 0 Å².